The van der Waals surface area contributed by atoms with Gasteiger partial charge in [-0.15, -0.1) is 0 Å². The second kappa shape index (κ2) is 7.71. The van der Waals surface area contributed by atoms with Gasteiger partial charge in [0.2, 0.25) is 0 Å². The topological polar surface area (TPSA) is 45.2 Å². The normalized spacial score (nSPS) is 16.3. The summed E-state index contributed by atoms with van der Waals surface area (Å²) >= 11 is 0. The summed E-state index contributed by atoms with van der Waals surface area (Å²) in [6.45, 7) is 5.60. The number of hydrogen-bond acceptors (Lipinski definition) is 5. The van der Waals surface area contributed by atoms with Gasteiger partial charge in [0.1, 0.15) is 5.82 Å². The van der Waals surface area contributed by atoms with Crippen LogP contribution in [0.5, 0.6) is 0 Å². The third-order valence-corrected chi connectivity index (χ3v) is 4.83. The van der Waals surface area contributed by atoms with E-state index in [-0.39, 0.29) is 0 Å². The van der Waals surface area contributed by atoms with Gasteiger partial charge in [-0.05, 0) is 57.5 Å². The second-order valence-corrected chi connectivity index (χ2v) is 6.76. The van der Waals surface area contributed by atoms with E-state index in [1.54, 1.807) is 12.4 Å². The molecule has 24 heavy (non-hydrogen) atoms. The van der Waals surface area contributed by atoms with Crippen LogP contribution >= 0.6 is 0 Å². The number of anilines is 1. The molecule has 3 rings (SSSR count). The molecule has 0 aromatic carbocycles. The highest BCUT2D eigenvalue weighted by molar-refractivity contribution is 5.57. The van der Waals surface area contributed by atoms with Gasteiger partial charge in [0.05, 0.1) is 0 Å². The molecule has 2 aromatic rings. The second-order valence-electron chi connectivity index (χ2n) is 6.76. The Morgan fingerprint density at radius 3 is 2.54 bits per heavy atom. The predicted octanol–water partition coefficient (Wildman–Crippen LogP) is 2.88. The lowest BCUT2D eigenvalue weighted by atomic mass is 9.97. The predicted molar refractivity (Wildman–Crippen MR) is 98.1 cm³/mol. The van der Waals surface area contributed by atoms with Crippen LogP contribution in [0.2, 0.25) is 0 Å². The van der Waals surface area contributed by atoms with E-state index in [1.165, 1.54) is 25.9 Å². The lowest BCUT2D eigenvalue weighted by molar-refractivity contribution is 0.222. The number of piperidine rings is 1. The summed E-state index contributed by atoms with van der Waals surface area (Å²) in [6.07, 6.45) is 7.03. The summed E-state index contributed by atoms with van der Waals surface area (Å²) in [5, 5.41) is 0. The van der Waals surface area contributed by atoms with Gasteiger partial charge >= 0.3 is 0 Å². The molecule has 0 radical (unpaired) electrons. The van der Waals surface area contributed by atoms with Gasteiger partial charge < -0.3 is 9.80 Å². The Hall–Kier alpha value is -2.01. The molecule has 0 amide bonds. The first-order chi connectivity index (χ1) is 11.7. The molecule has 5 nitrogen and oxygen atoms in total. The number of rotatable bonds is 5. The van der Waals surface area contributed by atoms with Crippen LogP contribution in [0.25, 0.3) is 11.4 Å². The van der Waals surface area contributed by atoms with E-state index in [0.717, 1.165) is 41.8 Å². The van der Waals surface area contributed by atoms with E-state index in [1.807, 2.05) is 12.1 Å². The van der Waals surface area contributed by atoms with Crippen molar-refractivity contribution in [2.24, 2.45) is 5.92 Å². The third kappa shape index (κ3) is 4.09. The van der Waals surface area contributed by atoms with Crippen molar-refractivity contribution in [3.63, 3.8) is 0 Å². The molecule has 0 spiro atoms. The van der Waals surface area contributed by atoms with Crippen LogP contribution in [-0.2, 0) is 6.42 Å². The highest BCUT2D eigenvalue weighted by atomic mass is 15.2. The van der Waals surface area contributed by atoms with Gasteiger partial charge in [-0.3, -0.25) is 4.98 Å². The number of aryl methyl sites for hydroxylation is 1. The number of likely N-dealkylation sites (tertiary alicyclic amines) is 1. The van der Waals surface area contributed by atoms with Gasteiger partial charge in [-0.2, -0.15) is 0 Å². The van der Waals surface area contributed by atoms with Gasteiger partial charge in [0.15, 0.2) is 5.82 Å². The molecular formula is C19H27N5. The fraction of sp³-hybridized carbons (Fsp3) is 0.526. The van der Waals surface area contributed by atoms with Crippen LogP contribution in [0.15, 0.2) is 30.6 Å². The lowest BCUT2D eigenvalue weighted by Crippen LogP contribution is -2.36. The fourth-order valence-electron chi connectivity index (χ4n) is 3.22. The SMILES string of the molecule is CCc1cc(N(C)CC2CCN(C)CC2)nc(-c2ccncc2)n1. The van der Waals surface area contributed by atoms with Crippen molar-refractivity contribution in [1.29, 1.82) is 0 Å². The molecule has 5 heteroatoms. The van der Waals surface area contributed by atoms with E-state index in [9.17, 15) is 0 Å². The quantitative estimate of drug-likeness (QED) is 0.846. The van der Waals surface area contributed by atoms with Crippen LogP contribution in [0, 0.1) is 5.92 Å². The largest absolute Gasteiger partial charge is 0.359 e. The average molecular weight is 325 g/mol. The van der Waals surface area contributed by atoms with Gasteiger partial charge in [-0.1, -0.05) is 6.92 Å². The van der Waals surface area contributed by atoms with Gasteiger partial charge in [-0.25, -0.2) is 9.97 Å². The molecule has 1 aliphatic heterocycles. The van der Waals surface area contributed by atoms with Crippen LogP contribution in [0.3, 0.4) is 0 Å². The maximum atomic E-state index is 4.81. The van der Waals surface area contributed by atoms with Crippen molar-refractivity contribution in [2.45, 2.75) is 26.2 Å². The van der Waals surface area contributed by atoms with E-state index < -0.39 is 0 Å². The standard InChI is InChI=1S/C19H27N5/c1-4-17-13-18(22-19(21-17)16-5-9-20-10-6-16)24(3)14-15-7-11-23(2)12-8-15/h5-6,9-10,13,15H,4,7-8,11-12,14H2,1-3H3. The van der Waals surface area contributed by atoms with E-state index >= 15 is 0 Å². The first-order valence-corrected chi connectivity index (χ1v) is 8.83. The smallest absolute Gasteiger partial charge is 0.161 e. The molecule has 0 atom stereocenters. The van der Waals surface area contributed by atoms with Crippen molar-refractivity contribution in [3.8, 4) is 11.4 Å². The molecule has 0 unspecified atom stereocenters. The molecule has 0 saturated carbocycles. The first-order valence-electron chi connectivity index (χ1n) is 8.83. The van der Waals surface area contributed by atoms with Crippen molar-refractivity contribution < 1.29 is 0 Å². The highest BCUT2D eigenvalue weighted by Gasteiger charge is 2.19. The maximum Gasteiger partial charge on any atom is 0.161 e. The Morgan fingerprint density at radius 2 is 1.88 bits per heavy atom. The Kier molecular flexibility index (Phi) is 5.41. The number of aromatic nitrogens is 3. The van der Waals surface area contributed by atoms with Crippen LogP contribution < -0.4 is 4.90 Å². The molecule has 3 heterocycles. The lowest BCUT2D eigenvalue weighted by Gasteiger charge is -2.32. The van der Waals surface area contributed by atoms with Crippen LogP contribution in [0.4, 0.5) is 5.82 Å². The van der Waals surface area contributed by atoms with Crippen LogP contribution in [0.1, 0.15) is 25.5 Å². The molecule has 1 aliphatic rings. The first kappa shape index (κ1) is 16.8. The molecule has 1 saturated heterocycles. The molecule has 2 aromatic heterocycles. The van der Waals surface area contributed by atoms with E-state index in [0.29, 0.717) is 0 Å². The number of pyridine rings is 1. The minimum absolute atomic E-state index is 0.746. The average Bonchev–Trinajstić information content (AvgIpc) is 2.64. The van der Waals surface area contributed by atoms with Crippen molar-refractivity contribution in [3.05, 3.63) is 36.3 Å². The minimum atomic E-state index is 0.746. The minimum Gasteiger partial charge on any atom is -0.359 e. The summed E-state index contributed by atoms with van der Waals surface area (Å²) < 4.78 is 0. The summed E-state index contributed by atoms with van der Waals surface area (Å²) in [5.41, 5.74) is 2.11. The Labute approximate surface area is 144 Å². The summed E-state index contributed by atoms with van der Waals surface area (Å²) in [6, 6.07) is 6.06. The molecule has 1 fully saturated rings. The Balaban J connectivity index is 1.79. The number of nitrogens with zero attached hydrogens (tertiary/aromatic N) is 5. The van der Waals surface area contributed by atoms with E-state index in [4.69, 9.17) is 4.98 Å². The Bertz CT molecular complexity index is 650. The number of hydrogen-bond donors (Lipinski definition) is 0. The van der Waals surface area contributed by atoms with Crippen molar-refractivity contribution in [1.82, 2.24) is 19.9 Å². The maximum absolute atomic E-state index is 4.81. The van der Waals surface area contributed by atoms with E-state index in [2.05, 4.69) is 46.9 Å². The fourth-order valence-corrected chi connectivity index (χ4v) is 3.22. The van der Waals surface area contributed by atoms with Crippen molar-refractivity contribution in [2.75, 3.05) is 38.6 Å². The van der Waals surface area contributed by atoms with Crippen molar-refractivity contribution >= 4 is 5.82 Å². The Morgan fingerprint density at radius 1 is 1.17 bits per heavy atom. The summed E-state index contributed by atoms with van der Waals surface area (Å²) in [4.78, 5) is 18.3. The molecule has 128 valence electrons. The van der Waals surface area contributed by atoms with Gasteiger partial charge in [0.25, 0.3) is 0 Å². The zero-order valence-corrected chi connectivity index (χ0v) is 14.9. The molecule has 0 aliphatic carbocycles. The highest BCUT2D eigenvalue weighted by Crippen LogP contribution is 2.22. The molecule has 0 bridgehead atoms. The molecule has 0 N–H and O–H groups in total. The summed E-state index contributed by atoms with van der Waals surface area (Å²) in [7, 11) is 4.36. The zero-order valence-electron chi connectivity index (χ0n) is 14.9. The zero-order chi connectivity index (χ0) is 16.9. The third-order valence-electron chi connectivity index (χ3n) is 4.83. The monoisotopic (exact) mass is 325 g/mol. The van der Waals surface area contributed by atoms with Gasteiger partial charge in [0, 0.05) is 43.3 Å². The molecular weight excluding hydrogens is 298 g/mol. The van der Waals surface area contributed by atoms with Crippen LogP contribution in [-0.4, -0.2) is 53.6 Å². The summed E-state index contributed by atoms with van der Waals surface area (Å²) in [5.74, 6) is 2.56.